The summed E-state index contributed by atoms with van der Waals surface area (Å²) >= 11 is 11.0. The van der Waals surface area contributed by atoms with Crippen LogP contribution in [0.3, 0.4) is 0 Å². The number of carbonyl (C=O) groups is 2. The molecular formula is C9H7Cl2NO3. The van der Waals surface area contributed by atoms with E-state index in [9.17, 15) is 9.59 Å². The van der Waals surface area contributed by atoms with Gasteiger partial charge in [-0.15, -0.1) is 0 Å². The molecule has 1 aromatic rings. The van der Waals surface area contributed by atoms with E-state index >= 15 is 0 Å². The second-order valence-electron chi connectivity index (χ2n) is 2.70. The first-order valence-electron chi connectivity index (χ1n) is 3.94. The van der Waals surface area contributed by atoms with Gasteiger partial charge in [-0.3, -0.25) is 9.59 Å². The van der Waals surface area contributed by atoms with Crippen molar-refractivity contribution in [3.8, 4) is 0 Å². The van der Waals surface area contributed by atoms with Crippen molar-refractivity contribution in [3.63, 3.8) is 0 Å². The average Bonchev–Trinajstić information content (AvgIpc) is 2.16. The first-order chi connectivity index (χ1) is 7.00. The summed E-state index contributed by atoms with van der Waals surface area (Å²) in [5.74, 6) is -2.19. The summed E-state index contributed by atoms with van der Waals surface area (Å²) in [4.78, 5) is 21.6. The predicted octanol–water partition coefficient (Wildman–Crippen LogP) is 1.97. The van der Waals surface area contributed by atoms with Crippen LogP contribution in [0.4, 0.5) is 5.69 Å². The molecule has 0 fully saturated rings. The predicted molar refractivity (Wildman–Crippen MR) is 57.4 cm³/mol. The number of rotatable bonds is 3. The van der Waals surface area contributed by atoms with E-state index in [2.05, 4.69) is 5.32 Å². The van der Waals surface area contributed by atoms with Crippen LogP contribution in [0, 0.1) is 0 Å². The van der Waals surface area contributed by atoms with Crippen LogP contribution < -0.4 is 5.32 Å². The Hall–Kier alpha value is -1.26. The minimum atomic E-state index is -1.61. The highest BCUT2D eigenvalue weighted by Crippen LogP contribution is 2.15. The molecule has 6 heteroatoms. The van der Waals surface area contributed by atoms with E-state index in [0.29, 0.717) is 10.7 Å². The molecule has 4 nitrogen and oxygen atoms in total. The van der Waals surface area contributed by atoms with E-state index in [4.69, 9.17) is 28.3 Å². The van der Waals surface area contributed by atoms with Crippen LogP contribution >= 0.6 is 23.2 Å². The van der Waals surface area contributed by atoms with Gasteiger partial charge in [-0.2, -0.15) is 0 Å². The molecule has 15 heavy (non-hydrogen) atoms. The van der Waals surface area contributed by atoms with Gasteiger partial charge < -0.3 is 10.4 Å². The normalized spacial score (nSPS) is 11.9. The van der Waals surface area contributed by atoms with Crippen LogP contribution in [0.15, 0.2) is 24.3 Å². The van der Waals surface area contributed by atoms with Crippen LogP contribution in [0.25, 0.3) is 0 Å². The third-order valence-corrected chi connectivity index (χ3v) is 2.16. The molecule has 0 saturated heterocycles. The number of hydrogen-bond donors (Lipinski definition) is 2. The molecule has 0 aliphatic heterocycles. The van der Waals surface area contributed by atoms with Gasteiger partial charge in [0.2, 0.25) is 5.38 Å². The SMILES string of the molecule is O=C(O)C(Cl)C(=O)Nc1cccc(Cl)c1. The Kier molecular flexibility index (Phi) is 3.94. The summed E-state index contributed by atoms with van der Waals surface area (Å²) < 4.78 is 0. The Labute approximate surface area is 95.8 Å². The summed E-state index contributed by atoms with van der Waals surface area (Å²) in [6.07, 6.45) is 0. The maximum absolute atomic E-state index is 11.2. The number of anilines is 1. The van der Waals surface area contributed by atoms with Crippen LogP contribution in [0.5, 0.6) is 0 Å². The Bertz CT molecular complexity index is 395. The van der Waals surface area contributed by atoms with Gasteiger partial charge in [0.1, 0.15) is 0 Å². The quantitative estimate of drug-likeness (QED) is 0.634. The third kappa shape index (κ3) is 3.42. The van der Waals surface area contributed by atoms with Gasteiger partial charge in [-0.05, 0) is 18.2 Å². The van der Waals surface area contributed by atoms with E-state index in [1.54, 1.807) is 18.2 Å². The standard InChI is InChI=1S/C9H7Cl2NO3/c10-5-2-1-3-6(4-5)12-8(13)7(11)9(14)15/h1-4,7H,(H,12,13)(H,14,15). The topological polar surface area (TPSA) is 66.4 Å². The molecule has 0 aromatic heterocycles. The number of aliphatic carboxylic acids is 1. The number of nitrogens with one attached hydrogen (secondary N) is 1. The van der Waals surface area contributed by atoms with Gasteiger partial charge >= 0.3 is 5.97 Å². The molecule has 1 rings (SSSR count). The van der Waals surface area contributed by atoms with Crippen molar-refractivity contribution < 1.29 is 14.7 Å². The molecule has 1 atom stereocenters. The second-order valence-corrected chi connectivity index (χ2v) is 3.57. The zero-order chi connectivity index (χ0) is 11.4. The fourth-order valence-corrected chi connectivity index (χ4v) is 1.13. The number of amides is 1. The van der Waals surface area contributed by atoms with Gasteiger partial charge in [0.15, 0.2) is 0 Å². The van der Waals surface area contributed by atoms with Crippen LogP contribution in [-0.4, -0.2) is 22.4 Å². The van der Waals surface area contributed by atoms with Crippen molar-refractivity contribution in [1.29, 1.82) is 0 Å². The number of alkyl halides is 1. The first-order valence-corrected chi connectivity index (χ1v) is 4.75. The molecule has 1 amide bonds. The van der Waals surface area contributed by atoms with Gasteiger partial charge in [-0.1, -0.05) is 29.3 Å². The lowest BCUT2D eigenvalue weighted by molar-refractivity contribution is -0.139. The van der Waals surface area contributed by atoms with Crippen LogP contribution in [0.2, 0.25) is 5.02 Å². The average molecular weight is 248 g/mol. The van der Waals surface area contributed by atoms with E-state index in [-0.39, 0.29) is 0 Å². The molecule has 0 saturated carbocycles. The van der Waals surface area contributed by atoms with Crippen molar-refractivity contribution in [2.45, 2.75) is 5.38 Å². The van der Waals surface area contributed by atoms with Crippen molar-refractivity contribution >= 4 is 40.8 Å². The monoisotopic (exact) mass is 247 g/mol. The first kappa shape index (κ1) is 11.8. The summed E-state index contributed by atoms with van der Waals surface area (Å²) in [5, 5.41) is 9.63. The summed E-state index contributed by atoms with van der Waals surface area (Å²) in [6.45, 7) is 0. The highest BCUT2D eigenvalue weighted by molar-refractivity contribution is 6.42. The number of hydrogen-bond acceptors (Lipinski definition) is 2. The molecule has 2 N–H and O–H groups in total. The lowest BCUT2D eigenvalue weighted by Crippen LogP contribution is -2.30. The lowest BCUT2D eigenvalue weighted by Gasteiger charge is -2.06. The maximum Gasteiger partial charge on any atom is 0.331 e. The van der Waals surface area contributed by atoms with Gasteiger partial charge in [0.25, 0.3) is 5.91 Å². The fraction of sp³-hybridized carbons (Fsp3) is 0.111. The van der Waals surface area contributed by atoms with Crippen molar-refractivity contribution in [3.05, 3.63) is 29.3 Å². The molecule has 0 radical (unpaired) electrons. The Balaban J connectivity index is 2.70. The molecular weight excluding hydrogens is 241 g/mol. The minimum Gasteiger partial charge on any atom is -0.480 e. The van der Waals surface area contributed by atoms with E-state index < -0.39 is 17.3 Å². The van der Waals surface area contributed by atoms with Gasteiger partial charge in [0, 0.05) is 10.7 Å². The summed E-state index contributed by atoms with van der Waals surface area (Å²) in [5.41, 5.74) is 0.402. The molecule has 0 aliphatic rings. The summed E-state index contributed by atoms with van der Waals surface area (Å²) in [6, 6.07) is 6.33. The Morgan fingerprint density at radius 1 is 1.40 bits per heavy atom. The molecule has 1 aromatic carbocycles. The van der Waals surface area contributed by atoms with E-state index in [1.807, 2.05) is 0 Å². The van der Waals surface area contributed by atoms with Crippen molar-refractivity contribution in [1.82, 2.24) is 0 Å². The van der Waals surface area contributed by atoms with Crippen LogP contribution in [-0.2, 0) is 9.59 Å². The largest absolute Gasteiger partial charge is 0.480 e. The Morgan fingerprint density at radius 2 is 2.07 bits per heavy atom. The molecule has 1 unspecified atom stereocenters. The molecule has 80 valence electrons. The van der Waals surface area contributed by atoms with E-state index in [1.165, 1.54) is 6.07 Å². The smallest absolute Gasteiger partial charge is 0.331 e. The van der Waals surface area contributed by atoms with Crippen LogP contribution in [0.1, 0.15) is 0 Å². The molecule has 0 bridgehead atoms. The van der Waals surface area contributed by atoms with Gasteiger partial charge in [0.05, 0.1) is 0 Å². The van der Waals surface area contributed by atoms with Crippen molar-refractivity contribution in [2.75, 3.05) is 5.32 Å². The maximum atomic E-state index is 11.2. The third-order valence-electron chi connectivity index (χ3n) is 1.54. The number of carbonyl (C=O) groups excluding carboxylic acids is 1. The highest BCUT2D eigenvalue weighted by atomic mass is 35.5. The highest BCUT2D eigenvalue weighted by Gasteiger charge is 2.22. The molecule has 0 aliphatic carbocycles. The minimum absolute atomic E-state index is 0.402. The second kappa shape index (κ2) is 5.00. The number of halogens is 2. The van der Waals surface area contributed by atoms with Gasteiger partial charge in [-0.25, -0.2) is 0 Å². The van der Waals surface area contributed by atoms with E-state index in [0.717, 1.165) is 0 Å². The lowest BCUT2D eigenvalue weighted by atomic mass is 10.3. The number of carboxylic acid groups (broad SMARTS) is 1. The molecule has 0 spiro atoms. The zero-order valence-corrected chi connectivity index (χ0v) is 8.92. The number of benzene rings is 1. The van der Waals surface area contributed by atoms with Crippen molar-refractivity contribution in [2.24, 2.45) is 0 Å². The summed E-state index contributed by atoms with van der Waals surface area (Å²) in [7, 11) is 0. The number of carboxylic acids is 1. The fourth-order valence-electron chi connectivity index (χ4n) is 0.884. The Morgan fingerprint density at radius 3 is 2.60 bits per heavy atom. The zero-order valence-electron chi connectivity index (χ0n) is 7.41. The molecule has 0 heterocycles.